The maximum atomic E-state index is 12.9. The minimum absolute atomic E-state index is 0. The molecule has 32 heavy (non-hydrogen) atoms. The Morgan fingerprint density at radius 1 is 1.06 bits per heavy atom. The average molecular weight is 447 g/mol. The Hall–Kier alpha value is -1.80. The van der Waals surface area contributed by atoms with Crippen molar-refractivity contribution in [2.45, 2.75) is 44.4 Å². The van der Waals surface area contributed by atoms with Gasteiger partial charge in [0.05, 0.1) is 24.8 Å². The molecule has 2 aromatic carbocycles. The smallest absolute Gasteiger partial charge is 0.465 e. The number of amides is 1. The van der Waals surface area contributed by atoms with E-state index in [4.69, 9.17) is 9.47 Å². The van der Waals surface area contributed by atoms with Gasteiger partial charge in [0.1, 0.15) is 6.61 Å². The number of methoxy groups -OCH3 is 1. The van der Waals surface area contributed by atoms with Gasteiger partial charge < -0.3 is 19.5 Å². The molecule has 2 fully saturated rings. The van der Waals surface area contributed by atoms with Crippen LogP contribution in [0.5, 0.6) is 0 Å². The molecule has 166 valence electrons. The number of carbonyl (C=O) groups is 2. The van der Waals surface area contributed by atoms with E-state index in [0.29, 0.717) is 12.1 Å². The molecule has 0 bridgehead atoms. The summed E-state index contributed by atoms with van der Waals surface area (Å²) in [6.45, 7) is 0.817. The number of esters is 1. The molecule has 0 unspecified atom stereocenters. The zero-order valence-corrected chi connectivity index (χ0v) is 20.1. The summed E-state index contributed by atoms with van der Waals surface area (Å²) < 4.78 is 10.4. The largest absolute Gasteiger partial charge is 1.00 e. The minimum atomic E-state index is -0.386. The van der Waals surface area contributed by atoms with Crippen LogP contribution in [0, 0.1) is 5.41 Å². The van der Waals surface area contributed by atoms with Crippen LogP contribution in [-0.4, -0.2) is 50.2 Å². The van der Waals surface area contributed by atoms with Crippen molar-refractivity contribution in [2.24, 2.45) is 5.41 Å². The van der Waals surface area contributed by atoms with Gasteiger partial charge in [-0.15, -0.1) is 0 Å². The predicted molar refractivity (Wildman–Crippen MR) is 122 cm³/mol. The number of hydrogen-bond acceptors (Lipinski definition) is 5. The van der Waals surface area contributed by atoms with Crippen molar-refractivity contribution in [1.82, 2.24) is 4.90 Å². The predicted octanol–water partition coefficient (Wildman–Crippen LogP) is -0.360. The molecular weight excluding hydrogens is 416 g/mol. The number of hydrogen-bond donors (Lipinski definition) is 1. The fraction of sp³-hybridized carbons (Fsp3) is 0.417. The number of aliphatic hydroxyl groups excluding tert-OH is 1. The van der Waals surface area contributed by atoms with Gasteiger partial charge in [-0.25, -0.2) is 9.59 Å². The number of carbonyl (C=O) groups excluding carboxylic acids is 2. The molecule has 1 N–H and O–H groups in total. The molecule has 1 saturated heterocycles. The molecule has 1 aliphatic heterocycles. The fourth-order valence-corrected chi connectivity index (χ4v) is 4.72. The van der Waals surface area contributed by atoms with E-state index < -0.39 is 0 Å². The number of likely N-dealkylation sites (tertiary alicyclic amines) is 1. The third-order valence-corrected chi connectivity index (χ3v) is 6.38. The Balaban J connectivity index is 0.00000181. The molecule has 2 aliphatic rings. The third kappa shape index (κ3) is 5.76. The number of ether oxygens (including phenoxy) is 2. The van der Waals surface area contributed by atoms with E-state index in [1.807, 2.05) is 42.5 Å². The Morgan fingerprint density at radius 3 is 2.31 bits per heavy atom. The van der Waals surface area contributed by atoms with Crippen molar-refractivity contribution in [2.75, 3.05) is 13.7 Å². The van der Waals surface area contributed by atoms with E-state index >= 15 is 0 Å². The van der Waals surface area contributed by atoms with Gasteiger partial charge in [0.15, 0.2) is 0 Å². The zero-order chi connectivity index (χ0) is 21.1. The summed E-state index contributed by atoms with van der Waals surface area (Å²) in [6, 6.07) is 16.7. The quantitative estimate of drug-likeness (QED) is 0.512. The van der Waals surface area contributed by atoms with Crippen LogP contribution in [0.15, 0.2) is 54.6 Å². The van der Waals surface area contributed by atoms with Crippen LogP contribution in [0.4, 0.5) is 4.79 Å². The van der Waals surface area contributed by atoms with Crippen LogP contribution in [0.25, 0.3) is 0 Å². The Kier molecular flexibility index (Phi) is 9.40. The maximum absolute atomic E-state index is 12.9. The summed E-state index contributed by atoms with van der Waals surface area (Å²) in [5, 5.41) is 9.88. The molecule has 2 aromatic rings. The van der Waals surface area contributed by atoms with E-state index in [1.54, 1.807) is 17.0 Å². The van der Waals surface area contributed by atoms with E-state index in [0.717, 1.165) is 36.8 Å². The number of piperidine rings is 1. The Morgan fingerprint density at radius 2 is 1.72 bits per heavy atom. The van der Waals surface area contributed by atoms with Gasteiger partial charge >= 0.3 is 41.6 Å². The molecular formula is C24H31BNNaO5. The first kappa shape index (κ1) is 26.5. The van der Waals surface area contributed by atoms with Crippen molar-refractivity contribution >= 4 is 20.5 Å². The van der Waals surface area contributed by atoms with Crippen LogP contribution in [-0.2, 0) is 16.1 Å². The number of benzene rings is 2. The fourth-order valence-electron chi connectivity index (χ4n) is 4.72. The molecule has 6 nitrogen and oxygen atoms in total. The van der Waals surface area contributed by atoms with Crippen LogP contribution in [0.2, 0.25) is 0 Å². The van der Waals surface area contributed by atoms with Gasteiger partial charge in [-0.05, 0) is 54.4 Å². The van der Waals surface area contributed by atoms with Gasteiger partial charge in [0.25, 0.3) is 0 Å². The third-order valence-electron chi connectivity index (χ3n) is 6.38. The first-order valence-electron chi connectivity index (χ1n) is 10.3. The molecule has 4 rings (SSSR count). The second kappa shape index (κ2) is 11.4. The van der Waals surface area contributed by atoms with Gasteiger partial charge in [-0.3, -0.25) is 0 Å². The molecule has 1 amide bonds. The molecule has 1 saturated carbocycles. The molecule has 0 aromatic heterocycles. The molecule has 1 atom stereocenters. The number of rotatable bonds is 4. The van der Waals surface area contributed by atoms with E-state index in [1.165, 1.54) is 7.11 Å². The van der Waals surface area contributed by atoms with Crippen molar-refractivity contribution in [3.63, 3.8) is 0 Å². The normalized spacial score (nSPS) is 23.9. The summed E-state index contributed by atoms with van der Waals surface area (Å²) in [4.78, 5) is 26.5. The second-order valence-corrected chi connectivity index (χ2v) is 8.38. The van der Waals surface area contributed by atoms with Crippen molar-refractivity contribution in [1.29, 1.82) is 0 Å². The summed E-state index contributed by atoms with van der Waals surface area (Å²) in [7, 11) is 1.35. The molecule has 1 heterocycles. The number of aliphatic hydroxyl groups is 1. The van der Waals surface area contributed by atoms with Crippen LogP contribution in [0.3, 0.4) is 0 Å². The van der Waals surface area contributed by atoms with E-state index in [9.17, 15) is 14.7 Å². The SMILES string of the molecule is COC(=O)c1ccc([C@@H]2CC3(CCN2C(=O)OCc2ccccc2)CC(O)C3)cc1.[BH4-].[Na+]. The van der Waals surface area contributed by atoms with E-state index in [-0.39, 0.29) is 74.2 Å². The van der Waals surface area contributed by atoms with Gasteiger partial charge in [0, 0.05) is 6.54 Å². The molecule has 0 radical (unpaired) electrons. The average Bonchev–Trinajstić information content (AvgIpc) is 2.77. The van der Waals surface area contributed by atoms with Gasteiger partial charge in [0.2, 0.25) is 0 Å². The standard InChI is InChI=1S/C24H27NO5.BH4.Na/c1-29-22(27)19-9-7-18(8-10-19)21-15-24(13-20(26)14-24)11-12-25(21)23(28)30-16-17-5-3-2-4-6-17;;/h2-10,20-21,26H,11-16H2,1H3;1H4;/q;-1;+1/t20?,21-,24?;;/m0../s1. The number of nitrogens with zero attached hydrogens (tertiary/aromatic N) is 1. The van der Waals surface area contributed by atoms with Crippen LogP contribution >= 0.6 is 0 Å². The summed E-state index contributed by atoms with van der Waals surface area (Å²) >= 11 is 0. The first-order chi connectivity index (χ1) is 14.5. The van der Waals surface area contributed by atoms with Crippen LogP contribution in [0.1, 0.15) is 53.2 Å². The van der Waals surface area contributed by atoms with Crippen molar-refractivity contribution < 1.29 is 53.7 Å². The summed E-state index contributed by atoms with van der Waals surface area (Å²) in [5.41, 5.74) is 2.45. The molecule has 8 heteroatoms. The molecule has 1 spiro atoms. The monoisotopic (exact) mass is 447 g/mol. The summed E-state index contributed by atoms with van der Waals surface area (Å²) in [6.07, 6.45) is 2.61. The van der Waals surface area contributed by atoms with E-state index in [2.05, 4.69) is 0 Å². The Bertz CT molecular complexity index is 902. The molecule has 1 aliphatic carbocycles. The first-order valence-corrected chi connectivity index (χ1v) is 10.3. The van der Waals surface area contributed by atoms with Crippen molar-refractivity contribution in [3.8, 4) is 0 Å². The van der Waals surface area contributed by atoms with Gasteiger partial charge in [-0.1, -0.05) is 50.9 Å². The topological polar surface area (TPSA) is 76.1 Å². The summed E-state index contributed by atoms with van der Waals surface area (Å²) in [5.74, 6) is -0.386. The van der Waals surface area contributed by atoms with Crippen LogP contribution < -0.4 is 29.6 Å². The minimum Gasteiger partial charge on any atom is -0.465 e. The van der Waals surface area contributed by atoms with Gasteiger partial charge in [-0.2, -0.15) is 0 Å². The second-order valence-electron chi connectivity index (χ2n) is 8.38. The van der Waals surface area contributed by atoms with Crippen molar-refractivity contribution in [3.05, 3.63) is 71.3 Å². The zero-order valence-electron chi connectivity index (χ0n) is 18.1. The maximum Gasteiger partial charge on any atom is 1.00 e. The Labute approximate surface area is 213 Å².